The molecular formula is C14H24BN6O5P. The maximum atomic E-state index is 10.9. The van der Waals surface area contributed by atoms with Gasteiger partial charge in [0.1, 0.15) is 0 Å². The molecule has 13 heteroatoms. The summed E-state index contributed by atoms with van der Waals surface area (Å²) in [5.41, 5.74) is 6.90. The molecule has 11 nitrogen and oxygen atoms in total. The molecule has 0 bridgehead atoms. The van der Waals surface area contributed by atoms with E-state index in [-0.39, 0.29) is 12.4 Å². The quantitative estimate of drug-likeness (QED) is 0.432. The topological polar surface area (TPSA) is 141 Å². The summed E-state index contributed by atoms with van der Waals surface area (Å²) in [7, 11) is -1.75. The predicted octanol–water partition coefficient (Wildman–Crippen LogP) is -1.04. The number of hydrogen-bond acceptors (Lipinski definition) is 10. The van der Waals surface area contributed by atoms with Crippen LogP contribution in [0.4, 0.5) is 11.8 Å². The van der Waals surface area contributed by atoms with Gasteiger partial charge in [0.2, 0.25) is 0 Å². The fourth-order valence-corrected chi connectivity index (χ4v) is 4.95. The fourth-order valence-electron chi connectivity index (χ4n) is 3.61. The molecule has 148 valence electrons. The van der Waals surface area contributed by atoms with Gasteiger partial charge in [-0.3, -0.25) is 0 Å². The molecule has 2 aliphatic rings. The fraction of sp³-hybridized carbons (Fsp3) is 0.643. The van der Waals surface area contributed by atoms with Crippen molar-refractivity contribution in [3.63, 3.8) is 0 Å². The summed E-state index contributed by atoms with van der Waals surface area (Å²) in [6.07, 6.45) is -1.67. The van der Waals surface area contributed by atoms with Crippen molar-refractivity contribution in [2.45, 2.75) is 38.4 Å². The molecule has 4 rings (SSSR count). The van der Waals surface area contributed by atoms with Gasteiger partial charge < -0.3 is 0 Å². The van der Waals surface area contributed by atoms with E-state index in [0.29, 0.717) is 30.2 Å². The van der Waals surface area contributed by atoms with Gasteiger partial charge in [0.05, 0.1) is 0 Å². The Balaban J connectivity index is 1.81. The summed E-state index contributed by atoms with van der Waals surface area (Å²) in [6.45, 7) is 5.57. The van der Waals surface area contributed by atoms with Gasteiger partial charge in [0.15, 0.2) is 0 Å². The van der Waals surface area contributed by atoms with Crippen molar-refractivity contribution < 1.29 is 23.8 Å². The molecule has 4 atom stereocenters. The number of nitrogens with two attached hydrogens (primary N) is 1. The van der Waals surface area contributed by atoms with Crippen LogP contribution < -0.4 is 10.6 Å². The Hall–Kier alpha value is -1.56. The minimum atomic E-state index is -3.27. The zero-order chi connectivity index (χ0) is 19.3. The van der Waals surface area contributed by atoms with Crippen LogP contribution in [0.15, 0.2) is 6.33 Å². The summed E-state index contributed by atoms with van der Waals surface area (Å²) in [4.78, 5) is 25.1. The standard InChI is InChI=1S/C14H24BN6O5P/c1-3-20(4-2)14-19-8-11(16)17-6-18-12(8)21(14)13-9(22)10-7(25-13)5-24-27(15,23)26-10/h6-7,9-10,13,22-23,27H,3-5,15H2,1-2H3,(H2,16,17,18)/t7-,9?,10-,13-/m1/s1. The number of rotatable bonds is 4. The Bertz CT molecular complexity index is 849. The van der Waals surface area contributed by atoms with Crippen molar-refractivity contribution in [3.05, 3.63) is 6.33 Å². The van der Waals surface area contributed by atoms with Crippen molar-refractivity contribution in [2.75, 3.05) is 30.3 Å². The van der Waals surface area contributed by atoms with E-state index < -0.39 is 32.4 Å². The first-order valence-corrected chi connectivity index (χ1v) is 11.2. The average Bonchev–Trinajstić information content (AvgIpc) is 3.15. The van der Waals surface area contributed by atoms with Crippen LogP contribution in [0.5, 0.6) is 0 Å². The third-order valence-corrected chi connectivity index (χ3v) is 6.38. The van der Waals surface area contributed by atoms with Crippen molar-refractivity contribution in [1.29, 1.82) is 0 Å². The molecule has 0 radical (unpaired) electrons. The second-order valence-corrected chi connectivity index (χ2v) is 9.05. The predicted molar refractivity (Wildman–Crippen MR) is 103 cm³/mol. The molecule has 4 heterocycles. The van der Waals surface area contributed by atoms with Gasteiger partial charge in [0, 0.05) is 0 Å². The zero-order valence-corrected chi connectivity index (χ0v) is 16.4. The van der Waals surface area contributed by atoms with Gasteiger partial charge in [-0.1, -0.05) is 0 Å². The molecule has 2 aromatic heterocycles. The second kappa shape index (κ2) is 6.80. The van der Waals surface area contributed by atoms with E-state index in [1.165, 1.54) is 13.9 Å². The third kappa shape index (κ3) is 3.06. The average molecular weight is 398 g/mol. The summed E-state index contributed by atoms with van der Waals surface area (Å²) in [6, 6.07) is 0. The minimum absolute atomic E-state index is 0.155. The van der Waals surface area contributed by atoms with E-state index in [2.05, 4.69) is 15.0 Å². The molecule has 2 fully saturated rings. The number of aliphatic hydroxyl groups excluding tert-OH is 1. The van der Waals surface area contributed by atoms with Crippen LogP contribution in [0.1, 0.15) is 20.1 Å². The molecule has 4 N–H and O–H groups in total. The number of fused-ring (bicyclic) bond motifs is 2. The van der Waals surface area contributed by atoms with Crippen molar-refractivity contribution in [1.82, 2.24) is 19.5 Å². The number of imidazole rings is 1. The molecule has 2 aliphatic heterocycles. The molecule has 2 aromatic rings. The second-order valence-electron chi connectivity index (χ2n) is 6.73. The van der Waals surface area contributed by atoms with Gasteiger partial charge in [-0.15, -0.1) is 0 Å². The van der Waals surface area contributed by atoms with E-state index in [9.17, 15) is 10.00 Å². The van der Waals surface area contributed by atoms with Crippen LogP contribution in [-0.4, -0.2) is 75.1 Å². The van der Waals surface area contributed by atoms with E-state index in [4.69, 9.17) is 19.5 Å². The number of aliphatic hydroxyl groups is 1. The molecule has 0 amide bonds. The molecule has 0 saturated carbocycles. The van der Waals surface area contributed by atoms with Crippen molar-refractivity contribution in [2.24, 2.45) is 0 Å². The van der Waals surface area contributed by atoms with Crippen LogP contribution in [-0.2, 0) is 13.8 Å². The van der Waals surface area contributed by atoms with Crippen LogP contribution in [0.2, 0.25) is 0 Å². The molecule has 0 spiro atoms. The Morgan fingerprint density at radius 1 is 1.41 bits per heavy atom. The molecule has 0 aliphatic carbocycles. The molecule has 2 saturated heterocycles. The molecule has 27 heavy (non-hydrogen) atoms. The Morgan fingerprint density at radius 2 is 2.15 bits per heavy atom. The number of hydrogen-bond donors (Lipinski definition) is 3. The number of anilines is 2. The zero-order valence-electron chi connectivity index (χ0n) is 15.4. The maximum absolute atomic E-state index is 10.9. The summed E-state index contributed by atoms with van der Waals surface area (Å²) < 4.78 is 18.8. The Morgan fingerprint density at radius 3 is 2.85 bits per heavy atom. The summed E-state index contributed by atoms with van der Waals surface area (Å²) in [5.74, 6) is 0.835. The van der Waals surface area contributed by atoms with Gasteiger partial charge in [-0.2, -0.15) is 0 Å². The third-order valence-electron chi connectivity index (χ3n) is 4.97. The van der Waals surface area contributed by atoms with E-state index in [1.807, 2.05) is 18.7 Å². The number of nitrogen functional groups attached to an aromatic ring is 1. The Labute approximate surface area is 157 Å². The van der Waals surface area contributed by atoms with Crippen LogP contribution in [0, 0.1) is 0 Å². The number of nitrogens with zero attached hydrogens (tertiary/aromatic N) is 5. The van der Waals surface area contributed by atoms with Gasteiger partial charge in [-0.05, 0) is 0 Å². The van der Waals surface area contributed by atoms with Crippen LogP contribution in [0.25, 0.3) is 11.2 Å². The molecular weight excluding hydrogens is 374 g/mol. The number of ether oxygens (including phenoxy) is 1. The summed E-state index contributed by atoms with van der Waals surface area (Å²) in [5, 5.41) is 10.9. The summed E-state index contributed by atoms with van der Waals surface area (Å²) >= 11 is 0. The molecule has 1 unspecified atom stereocenters. The first kappa shape index (κ1) is 18.8. The first-order chi connectivity index (χ1) is 12.9. The van der Waals surface area contributed by atoms with E-state index in [1.54, 1.807) is 4.57 Å². The van der Waals surface area contributed by atoms with Gasteiger partial charge in [0.25, 0.3) is 0 Å². The van der Waals surface area contributed by atoms with E-state index >= 15 is 0 Å². The van der Waals surface area contributed by atoms with Crippen LogP contribution >= 0.6 is 7.82 Å². The normalized spacial score (nSPS) is 31.0. The monoisotopic (exact) mass is 398 g/mol. The first-order valence-electron chi connectivity index (χ1n) is 8.97. The van der Waals surface area contributed by atoms with Crippen molar-refractivity contribution in [3.8, 4) is 0 Å². The van der Waals surface area contributed by atoms with Gasteiger partial charge in [-0.25, -0.2) is 0 Å². The SMILES string of the molecule is B[PH]1(O)OC[C@H]2O[C@@H](n3c(N(CC)CC)nc4c(N)ncnc43)C(O)[C@@H]2O1. The number of aromatic nitrogens is 4. The van der Waals surface area contributed by atoms with Crippen molar-refractivity contribution >= 4 is 38.3 Å². The van der Waals surface area contributed by atoms with Crippen LogP contribution in [0.3, 0.4) is 0 Å². The molecule has 0 aromatic carbocycles. The van der Waals surface area contributed by atoms with E-state index in [0.717, 1.165) is 0 Å². The van der Waals surface area contributed by atoms with Gasteiger partial charge >= 0.3 is 157 Å². The Kier molecular flexibility index (Phi) is 4.73.